The van der Waals surface area contributed by atoms with Crippen LogP contribution in [0.1, 0.15) is 34.1 Å². The first-order chi connectivity index (χ1) is 10.1. The van der Waals surface area contributed by atoms with E-state index in [9.17, 15) is 9.59 Å². The summed E-state index contributed by atoms with van der Waals surface area (Å²) in [5, 5.41) is 11.8. The number of nitrogens with zero attached hydrogens (tertiary/aromatic N) is 1. The standard InChI is InChI=1S/C16H16N2O3/c1-11-9-13(7-8-17-11)16(21)18-14(10-15(19)20)12-5-3-2-4-6-12/h2-9,14H,10H2,1H3,(H,18,21)(H,19,20). The van der Waals surface area contributed by atoms with Gasteiger partial charge in [0.15, 0.2) is 0 Å². The number of carboxylic acid groups (broad SMARTS) is 1. The first-order valence-electron chi connectivity index (χ1n) is 6.56. The van der Waals surface area contributed by atoms with Crippen LogP contribution in [0.25, 0.3) is 0 Å². The highest BCUT2D eigenvalue weighted by Crippen LogP contribution is 2.17. The molecule has 21 heavy (non-hydrogen) atoms. The van der Waals surface area contributed by atoms with E-state index in [4.69, 9.17) is 5.11 Å². The zero-order chi connectivity index (χ0) is 15.2. The molecule has 0 saturated carbocycles. The molecule has 2 N–H and O–H groups in total. The predicted octanol–water partition coefficient (Wildman–Crippen LogP) is 2.34. The number of amides is 1. The average Bonchev–Trinajstić information content (AvgIpc) is 2.47. The molecule has 5 nitrogen and oxygen atoms in total. The molecule has 0 aliphatic carbocycles. The Morgan fingerprint density at radius 3 is 2.57 bits per heavy atom. The molecule has 5 heteroatoms. The van der Waals surface area contributed by atoms with Gasteiger partial charge >= 0.3 is 5.97 Å². The van der Waals surface area contributed by atoms with Gasteiger partial charge in [0.2, 0.25) is 0 Å². The summed E-state index contributed by atoms with van der Waals surface area (Å²) in [5.41, 5.74) is 1.96. The van der Waals surface area contributed by atoms with E-state index < -0.39 is 12.0 Å². The zero-order valence-corrected chi connectivity index (χ0v) is 11.6. The zero-order valence-electron chi connectivity index (χ0n) is 11.6. The summed E-state index contributed by atoms with van der Waals surface area (Å²) in [6.45, 7) is 1.79. The van der Waals surface area contributed by atoms with Crippen LogP contribution in [0.2, 0.25) is 0 Å². The van der Waals surface area contributed by atoms with E-state index in [-0.39, 0.29) is 12.3 Å². The second kappa shape index (κ2) is 6.65. The predicted molar refractivity (Wildman–Crippen MR) is 77.9 cm³/mol. The van der Waals surface area contributed by atoms with E-state index in [1.54, 1.807) is 37.4 Å². The van der Waals surface area contributed by atoms with Crippen LogP contribution in [0.3, 0.4) is 0 Å². The van der Waals surface area contributed by atoms with Crippen molar-refractivity contribution in [3.05, 3.63) is 65.5 Å². The van der Waals surface area contributed by atoms with Gasteiger partial charge in [-0.15, -0.1) is 0 Å². The van der Waals surface area contributed by atoms with E-state index in [0.717, 1.165) is 11.3 Å². The SMILES string of the molecule is Cc1cc(C(=O)NC(CC(=O)O)c2ccccc2)ccn1. The highest BCUT2D eigenvalue weighted by atomic mass is 16.4. The summed E-state index contributed by atoms with van der Waals surface area (Å²) in [6.07, 6.45) is 1.39. The maximum atomic E-state index is 12.2. The summed E-state index contributed by atoms with van der Waals surface area (Å²) < 4.78 is 0. The number of aromatic nitrogens is 1. The summed E-state index contributed by atoms with van der Waals surface area (Å²) in [7, 11) is 0. The highest BCUT2D eigenvalue weighted by Gasteiger charge is 2.18. The van der Waals surface area contributed by atoms with E-state index in [0.29, 0.717) is 5.56 Å². The van der Waals surface area contributed by atoms with Crippen LogP contribution in [-0.4, -0.2) is 22.0 Å². The lowest BCUT2D eigenvalue weighted by Gasteiger charge is -2.17. The molecule has 0 radical (unpaired) electrons. The maximum absolute atomic E-state index is 12.2. The molecule has 2 rings (SSSR count). The van der Waals surface area contributed by atoms with Gasteiger partial charge in [0.25, 0.3) is 5.91 Å². The van der Waals surface area contributed by atoms with Gasteiger partial charge in [-0.1, -0.05) is 30.3 Å². The number of carboxylic acids is 1. The van der Waals surface area contributed by atoms with Crippen LogP contribution < -0.4 is 5.32 Å². The summed E-state index contributed by atoms with van der Waals surface area (Å²) in [4.78, 5) is 27.3. The number of nitrogens with one attached hydrogen (secondary N) is 1. The molecule has 108 valence electrons. The molecular weight excluding hydrogens is 268 g/mol. The van der Waals surface area contributed by atoms with Crippen LogP contribution in [0, 0.1) is 6.92 Å². The number of carbonyl (C=O) groups is 2. The molecule has 0 aliphatic rings. The average molecular weight is 284 g/mol. The second-order valence-electron chi connectivity index (χ2n) is 4.72. The van der Waals surface area contributed by atoms with Crippen molar-refractivity contribution in [3.63, 3.8) is 0 Å². The number of pyridine rings is 1. The monoisotopic (exact) mass is 284 g/mol. The molecule has 0 aliphatic heterocycles. The summed E-state index contributed by atoms with van der Waals surface area (Å²) >= 11 is 0. The Morgan fingerprint density at radius 2 is 1.95 bits per heavy atom. The van der Waals surface area contributed by atoms with Gasteiger partial charge in [0.05, 0.1) is 12.5 Å². The van der Waals surface area contributed by atoms with Crippen molar-refractivity contribution in [2.75, 3.05) is 0 Å². The molecule has 0 bridgehead atoms. The lowest BCUT2D eigenvalue weighted by atomic mass is 10.0. The van der Waals surface area contributed by atoms with Crippen molar-refractivity contribution in [1.29, 1.82) is 0 Å². The van der Waals surface area contributed by atoms with Gasteiger partial charge in [-0.05, 0) is 24.6 Å². The van der Waals surface area contributed by atoms with Gasteiger partial charge in [-0.2, -0.15) is 0 Å². The van der Waals surface area contributed by atoms with E-state index in [1.807, 2.05) is 18.2 Å². The highest BCUT2D eigenvalue weighted by molar-refractivity contribution is 5.94. The number of benzene rings is 1. The lowest BCUT2D eigenvalue weighted by Crippen LogP contribution is -2.30. The Labute approximate surface area is 122 Å². The Balaban J connectivity index is 2.19. The molecule has 2 aromatic rings. The van der Waals surface area contributed by atoms with Gasteiger partial charge in [0, 0.05) is 17.5 Å². The fourth-order valence-corrected chi connectivity index (χ4v) is 2.04. The van der Waals surface area contributed by atoms with Crippen LogP contribution in [-0.2, 0) is 4.79 Å². The van der Waals surface area contributed by atoms with Gasteiger partial charge in [-0.25, -0.2) is 0 Å². The Hall–Kier alpha value is -2.69. The largest absolute Gasteiger partial charge is 0.481 e. The summed E-state index contributed by atoms with van der Waals surface area (Å²) in [6, 6.07) is 11.8. The minimum atomic E-state index is -0.963. The van der Waals surface area contributed by atoms with Crippen molar-refractivity contribution < 1.29 is 14.7 Å². The van der Waals surface area contributed by atoms with Crippen molar-refractivity contribution in [2.45, 2.75) is 19.4 Å². The molecule has 0 spiro atoms. The van der Waals surface area contributed by atoms with Crippen molar-refractivity contribution in [3.8, 4) is 0 Å². The third kappa shape index (κ3) is 4.14. The van der Waals surface area contributed by atoms with E-state index in [1.165, 1.54) is 0 Å². The number of rotatable bonds is 5. The lowest BCUT2D eigenvalue weighted by molar-refractivity contribution is -0.137. The normalized spacial score (nSPS) is 11.7. The second-order valence-corrected chi connectivity index (χ2v) is 4.72. The Morgan fingerprint density at radius 1 is 1.24 bits per heavy atom. The van der Waals surface area contributed by atoms with E-state index in [2.05, 4.69) is 10.3 Å². The number of carbonyl (C=O) groups excluding carboxylic acids is 1. The molecule has 1 heterocycles. The fraction of sp³-hybridized carbons (Fsp3) is 0.188. The van der Waals surface area contributed by atoms with Gasteiger partial charge in [0.1, 0.15) is 0 Å². The maximum Gasteiger partial charge on any atom is 0.305 e. The number of aliphatic carboxylic acids is 1. The van der Waals surface area contributed by atoms with Crippen molar-refractivity contribution >= 4 is 11.9 Å². The van der Waals surface area contributed by atoms with Crippen LogP contribution >= 0.6 is 0 Å². The van der Waals surface area contributed by atoms with Crippen LogP contribution in [0.5, 0.6) is 0 Å². The molecule has 1 aromatic heterocycles. The van der Waals surface area contributed by atoms with Crippen LogP contribution in [0.4, 0.5) is 0 Å². The minimum absolute atomic E-state index is 0.167. The minimum Gasteiger partial charge on any atom is -0.481 e. The third-order valence-corrected chi connectivity index (χ3v) is 3.04. The molecule has 1 atom stereocenters. The number of hydrogen-bond donors (Lipinski definition) is 2. The molecular formula is C16H16N2O3. The molecule has 0 fully saturated rings. The molecule has 1 unspecified atom stereocenters. The fourth-order valence-electron chi connectivity index (χ4n) is 2.04. The Bertz CT molecular complexity index is 641. The van der Waals surface area contributed by atoms with E-state index >= 15 is 0 Å². The Kier molecular flexibility index (Phi) is 4.66. The smallest absolute Gasteiger partial charge is 0.305 e. The third-order valence-electron chi connectivity index (χ3n) is 3.04. The van der Waals surface area contributed by atoms with Crippen LogP contribution in [0.15, 0.2) is 48.7 Å². The van der Waals surface area contributed by atoms with Gasteiger partial charge in [-0.3, -0.25) is 14.6 Å². The first-order valence-corrected chi connectivity index (χ1v) is 6.56. The quantitative estimate of drug-likeness (QED) is 0.883. The number of hydrogen-bond acceptors (Lipinski definition) is 3. The molecule has 0 saturated heterocycles. The molecule has 1 aromatic carbocycles. The first kappa shape index (κ1) is 14.7. The van der Waals surface area contributed by atoms with Gasteiger partial charge < -0.3 is 10.4 Å². The van der Waals surface area contributed by atoms with Crippen molar-refractivity contribution in [1.82, 2.24) is 10.3 Å². The molecule has 1 amide bonds. The number of aryl methyl sites for hydroxylation is 1. The van der Waals surface area contributed by atoms with Crippen molar-refractivity contribution in [2.24, 2.45) is 0 Å². The summed E-state index contributed by atoms with van der Waals surface area (Å²) in [5.74, 6) is -1.27. The topological polar surface area (TPSA) is 79.3 Å².